The van der Waals surface area contributed by atoms with Crippen LogP contribution in [0.15, 0.2) is 41.1 Å². The number of fused-ring (bicyclic) bond motifs is 1. The van der Waals surface area contributed by atoms with Crippen LogP contribution in [-0.2, 0) is 0 Å². The number of ether oxygens (including phenoxy) is 2. The standard InChI is InChI=1S/C12H10O2S/c1-2-4-11-10(3-1)13-7-12(14-11)9-5-6-15-8-9/h1-6,8,12H,7H2. The Morgan fingerprint density at radius 2 is 2.00 bits per heavy atom. The predicted molar refractivity (Wildman–Crippen MR) is 59.6 cm³/mol. The van der Waals surface area contributed by atoms with Gasteiger partial charge in [-0.1, -0.05) is 12.1 Å². The van der Waals surface area contributed by atoms with Gasteiger partial charge in [-0.2, -0.15) is 11.3 Å². The van der Waals surface area contributed by atoms with Crippen molar-refractivity contribution in [3.8, 4) is 11.5 Å². The van der Waals surface area contributed by atoms with Crippen molar-refractivity contribution in [1.82, 2.24) is 0 Å². The van der Waals surface area contributed by atoms with Crippen LogP contribution in [0, 0.1) is 0 Å². The van der Waals surface area contributed by atoms with E-state index in [1.54, 1.807) is 11.3 Å². The zero-order valence-corrected chi connectivity index (χ0v) is 8.87. The molecule has 1 unspecified atom stereocenters. The zero-order valence-electron chi connectivity index (χ0n) is 8.05. The number of rotatable bonds is 1. The van der Waals surface area contributed by atoms with E-state index in [0.717, 1.165) is 11.5 Å². The fourth-order valence-corrected chi connectivity index (χ4v) is 2.34. The van der Waals surface area contributed by atoms with Crippen molar-refractivity contribution in [2.75, 3.05) is 6.61 Å². The molecule has 0 bridgehead atoms. The van der Waals surface area contributed by atoms with Crippen LogP contribution in [0.2, 0.25) is 0 Å². The van der Waals surface area contributed by atoms with Crippen molar-refractivity contribution >= 4 is 11.3 Å². The van der Waals surface area contributed by atoms with Gasteiger partial charge in [-0.3, -0.25) is 0 Å². The summed E-state index contributed by atoms with van der Waals surface area (Å²) in [7, 11) is 0. The van der Waals surface area contributed by atoms with Gasteiger partial charge in [0.2, 0.25) is 0 Å². The molecule has 0 saturated heterocycles. The third-order valence-corrected chi connectivity index (χ3v) is 3.13. The van der Waals surface area contributed by atoms with E-state index < -0.39 is 0 Å². The molecule has 3 heteroatoms. The lowest BCUT2D eigenvalue weighted by Gasteiger charge is -2.25. The van der Waals surface area contributed by atoms with Crippen LogP contribution < -0.4 is 9.47 Å². The molecule has 1 atom stereocenters. The van der Waals surface area contributed by atoms with Crippen LogP contribution >= 0.6 is 11.3 Å². The monoisotopic (exact) mass is 218 g/mol. The summed E-state index contributed by atoms with van der Waals surface area (Å²) in [6, 6.07) is 9.85. The van der Waals surface area contributed by atoms with E-state index in [1.165, 1.54) is 5.56 Å². The van der Waals surface area contributed by atoms with Gasteiger partial charge in [-0.15, -0.1) is 0 Å². The van der Waals surface area contributed by atoms with Gasteiger partial charge in [0, 0.05) is 5.56 Å². The van der Waals surface area contributed by atoms with Crippen LogP contribution in [0.1, 0.15) is 11.7 Å². The Balaban J connectivity index is 1.89. The Hall–Kier alpha value is -1.48. The first-order valence-corrected chi connectivity index (χ1v) is 5.78. The minimum Gasteiger partial charge on any atom is -0.485 e. The molecule has 0 spiro atoms. The maximum Gasteiger partial charge on any atom is 0.162 e. The summed E-state index contributed by atoms with van der Waals surface area (Å²) < 4.78 is 11.5. The molecular weight excluding hydrogens is 208 g/mol. The molecule has 1 aromatic carbocycles. The highest BCUT2D eigenvalue weighted by Crippen LogP contribution is 2.36. The molecule has 0 amide bonds. The van der Waals surface area contributed by atoms with Crippen LogP contribution in [0.25, 0.3) is 0 Å². The molecule has 1 aliphatic rings. The zero-order chi connectivity index (χ0) is 10.1. The lowest BCUT2D eigenvalue weighted by atomic mass is 10.2. The summed E-state index contributed by atoms with van der Waals surface area (Å²) in [5.74, 6) is 1.67. The van der Waals surface area contributed by atoms with E-state index in [0.29, 0.717) is 6.61 Å². The number of para-hydroxylation sites is 2. The molecule has 2 nitrogen and oxygen atoms in total. The lowest BCUT2D eigenvalue weighted by molar-refractivity contribution is 0.0916. The quantitative estimate of drug-likeness (QED) is 0.731. The summed E-state index contributed by atoms with van der Waals surface area (Å²) in [4.78, 5) is 0. The third kappa shape index (κ3) is 1.59. The average molecular weight is 218 g/mol. The number of hydrogen-bond acceptors (Lipinski definition) is 3. The number of thiophene rings is 1. The summed E-state index contributed by atoms with van der Waals surface area (Å²) in [5, 5.41) is 4.15. The Morgan fingerprint density at radius 3 is 2.80 bits per heavy atom. The van der Waals surface area contributed by atoms with Crippen molar-refractivity contribution in [2.24, 2.45) is 0 Å². The second-order valence-electron chi connectivity index (χ2n) is 3.42. The van der Waals surface area contributed by atoms with E-state index in [9.17, 15) is 0 Å². The van der Waals surface area contributed by atoms with Crippen molar-refractivity contribution in [3.05, 3.63) is 46.7 Å². The highest BCUT2D eigenvalue weighted by Gasteiger charge is 2.22. The van der Waals surface area contributed by atoms with E-state index >= 15 is 0 Å². The number of benzene rings is 1. The molecule has 1 aliphatic heterocycles. The first kappa shape index (κ1) is 8.80. The van der Waals surface area contributed by atoms with Crippen molar-refractivity contribution < 1.29 is 9.47 Å². The fraction of sp³-hybridized carbons (Fsp3) is 0.167. The smallest absolute Gasteiger partial charge is 0.162 e. The van der Waals surface area contributed by atoms with Crippen molar-refractivity contribution in [3.63, 3.8) is 0 Å². The van der Waals surface area contributed by atoms with Gasteiger partial charge in [0.15, 0.2) is 17.6 Å². The maximum atomic E-state index is 5.86. The molecule has 15 heavy (non-hydrogen) atoms. The largest absolute Gasteiger partial charge is 0.485 e. The minimum absolute atomic E-state index is 0.0335. The van der Waals surface area contributed by atoms with E-state index in [-0.39, 0.29) is 6.10 Å². The van der Waals surface area contributed by atoms with Crippen LogP contribution in [0.3, 0.4) is 0 Å². The number of hydrogen-bond donors (Lipinski definition) is 0. The molecule has 0 fully saturated rings. The third-order valence-electron chi connectivity index (χ3n) is 2.42. The molecule has 0 saturated carbocycles. The van der Waals surface area contributed by atoms with E-state index in [1.807, 2.05) is 24.3 Å². The molecule has 1 aromatic heterocycles. The fourth-order valence-electron chi connectivity index (χ4n) is 1.64. The second kappa shape index (κ2) is 3.59. The SMILES string of the molecule is c1ccc2c(c1)OCC(c1ccsc1)O2. The van der Waals surface area contributed by atoms with E-state index in [2.05, 4.69) is 16.8 Å². The maximum absolute atomic E-state index is 5.86. The first-order chi connectivity index (χ1) is 7.43. The predicted octanol–water partition coefficient (Wildman–Crippen LogP) is 3.26. The summed E-state index contributed by atoms with van der Waals surface area (Å²) in [6.45, 7) is 0.591. The molecule has 3 rings (SSSR count). The molecular formula is C12H10O2S. The summed E-state index contributed by atoms with van der Waals surface area (Å²) in [5.41, 5.74) is 1.19. The topological polar surface area (TPSA) is 18.5 Å². The van der Waals surface area contributed by atoms with Gasteiger partial charge in [0.1, 0.15) is 6.61 Å². The Bertz CT molecular complexity index is 450. The molecule has 0 N–H and O–H groups in total. The van der Waals surface area contributed by atoms with Crippen LogP contribution in [0.4, 0.5) is 0 Å². The highest BCUT2D eigenvalue weighted by molar-refractivity contribution is 7.07. The molecule has 2 heterocycles. The summed E-state index contributed by atoms with van der Waals surface area (Å²) in [6.07, 6.45) is 0.0335. The van der Waals surface area contributed by atoms with Gasteiger partial charge in [0.25, 0.3) is 0 Å². The first-order valence-electron chi connectivity index (χ1n) is 4.84. The minimum atomic E-state index is 0.0335. The van der Waals surface area contributed by atoms with Crippen molar-refractivity contribution in [1.29, 1.82) is 0 Å². The molecule has 0 radical (unpaired) electrons. The lowest BCUT2D eigenvalue weighted by Crippen LogP contribution is -2.20. The molecule has 0 aliphatic carbocycles. The van der Waals surface area contributed by atoms with E-state index in [4.69, 9.17) is 9.47 Å². The van der Waals surface area contributed by atoms with Crippen LogP contribution in [-0.4, -0.2) is 6.61 Å². The van der Waals surface area contributed by atoms with Gasteiger partial charge in [-0.05, 0) is 29.0 Å². The normalized spacial score (nSPS) is 18.8. The van der Waals surface area contributed by atoms with Gasteiger partial charge in [0.05, 0.1) is 0 Å². The Kier molecular flexibility index (Phi) is 2.10. The Labute approximate surface area is 92.1 Å². The van der Waals surface area contributed by atoms with Gasteiger partial charge >= 0.3 is 0 Å². The molecule has 2 aromatic rings. The second-order valence-corrected chi connectivity index (χ2v) is 4.20. The average Bonchev–Trinajstić information content (AvgIpc) is 2.82. The Morgan fingerprint density at radius 1 is 1.13 bits per heavy atom. The van der Waals surface area contributed by atoms with Crippen molar-refractivity contribution in [2.45, 2.75) is 6.10 Å². The van der Waals surface area contributed by atoms with Gasteiger partial charge in [-0.25, -0.2) is 0 Å². The van der Waals surface area contributed by atoms with Gasteiger partial charge < -0.3 is 9.47 Å². The van der Waals surface area contributed by atoms with Crippen LogP contribution in [0.5, 0.6) is 11.5 Å². The molecule has 76 valence electrons. The highest BCUT2D eigenvalue weighted by atomic mass is 32.1. The summed E-state index contributed by atoms with van der Waals surface area (Å²) >= 11 is 1.68.